The number of nitrogens with two attached hydrogens (primary N) is 1. The summed E-state index contributed by atoms with van der Waals surface area (Å²) in [6.45, 7) is 4.98. The second kappa shape index (κ2) is 6.46. The van der Waals surface area contributed by atoms with Crippen LogP contribution in [0.15, 0.2) is 24.3 Å². The molecule has 1 aromatic carbocycles. The van der Waals surface area contributed by atoms with Crippen LogP contribution in [0.1, 0.15) is 32.3 Å². The van der Waals surface area contributed by atoms with Crippen molar-refractivity contribution in [3.05, 3.63) is 29.8 Å². The van der Waals surface area contributed by atoms with Gasteiger partial charge in [-0.3, -0.25) is 0 Å². The summed E-state index contributed by atoms with van der Waals surface area (Å²) in [5, 5.41) is 0. The van der Waals surface area contributed by atoms with Crippen LogP contribution >= 0.6 is 0 Å². The van der Waals surface area contributed by atoms with E-state index in [-0.39, 0.29) is 6.10 Å². The number of benzene rings is 1. The molecule has 2 heteroatoms. The van der Waals surface area contributed by atoms with Gasteiger partial charge in [0.2, 0.25) is 0 Å². The molecule has 0 heterocycles. The summed E-state index contributed by atoms with van der Waals surface area (Å²) in [6, 6.07) is 8.23. The van der Waals surface area contributed by atoms with E-state index in [2.05, 4.69) is 26.0 Å². The van der Waals surface area contributed by atoms with Crippen molar-refractivity contribution in [1.82, 2.24) is 0 Å². The van der Waals surface area contributed by atoms with Gasteiger partial charge in [-0.15, -0.1) is 0 Å². The molecule has 0 spiro atoms. The first-order valence-electron chi connectivity index (χ1n) is 5.72. The predicted molar refractivity (Wildman–Crippen MR) is 64.2 cm³/mol. The van der Waals surface area contributed by atoms with Crippen molar-refractivity contribution in [2.45, 2.75) is 39.2 Å². The maximum absolute atomic E-state index is 5.88. The molecule has 1 atom stereocenters. The third kappa shape index (κ3) is 3.92. The van der Waals surface area contributed by atoms with Gasteiger partial charge in [0.1, 0.15) is 5.75 Å². The minimum Gasteiger partial charge on any atom is -0.490 e. The van der Waals surface area contributed by atoms with Gasteiger partial charge in [-0.25, -0.2) is 0 Å². The number of rotatable bonds is 6. The van der Waals surface area contributed by atoms with Gasteiger partial charge < -0.3 is 10.5 Å². The number of hydrogen-bond acceptors (Lipinski definition) is 2. The van der Waals surface area contributed by atoms with Gasteiger partial charge in [-0.1, -0.05) is 25.1 Å². The maximum Gasteiger partial charge on any atom is 0.122 e. The molecule has 0 fully saturated rings. The lowest BCUT2D eigenvalue weighted by Crippen LogP contribution is -2.14. The van der Waals surface area contributed by atoms with Crippen LogP contribution in [0.4, 0.5) is 0 Å². The Labute approximate surface area is 92.4 Å². The van der Waals surface area contributed by atoms with E-state index in [1.165, 1.54) is 5.56 Å². The van der Waals surface area contributed by atoms with Gasteiger partial charge in [0.25, 0.3) is 0 Å². The van der Waals surface area contributed by atoms with E-state index >= 15 is 0 Å². The standard InChI is InChI=1S/C13H21NO/c1-3-12-8-4-5-9-13(12)15-11(2)7-6-10-14/h4-5,8-9,11H,3,6-7,10,14H2,1-2H3. The van der Waals surface area contributed by atoms with Crippen molar-refractivity contribution in [3.63, 3.8) is 0 Å². The highest BCUT2D eigenvalue weighted by Gasteiger charge is 2.06. The molecule has 1 unspecified atom stereocenters. The Kier molecular flexibility index (Phi) is 5.19. The zero-order valence-corrected chi connectivity index (χ0v) is 9.70. The van der Waals surface area contributed by atoms with Crippen LogP contribution in [-0.2, 0) is 6.42 Å². The van der Waals surface area contributed by atoms with E-state index in [0.29, 0.717) is 0 Å². The lowest BCUT2D eigenvalue weighted by molar-refractivity contribution is 0.207. The molecule has 0 aliphatic heterocycles. The monoisotopic (exact) mass is 207 g/mol. The van der Waals surface area contributed by atoms with Gasteiger partial charge in [0.15, 0.2) is 0 Å². The highest BCUT2D eigenvalue weighted by molar-refractivity contribution is 5.33. The van der Waals surface area contributed by atoms with Crippen molar-refractivity contribution in [3.8, 4) is 5.75 Å². The molecule has 1 aromatic rings. The molecule has 84 valence electrons. The molecular formula is C13H21NO. The van der Waals surface area contributed by atoms with E-state index < -0.39 is 0 Å². The van der Waals surface area contributed by atoms with Gasteiger partial charge in [-0.2, -0.15) is 0 Å². The van der Waals surface area contributed by atoms with E-state index in [1.54, 1.807) is 0 Å². The van der Waals surface area contributed by atoms with Gasteiger partial charge in [-0.05, 0) is 44.4 Å². The summed E-state index contributed by atoms with van der Waals surface area (Å²) in [5.74, 6) is 1.02. The summed E-state index contributed by atoms with van der Waals surface area (Å²) in [5.41, 5.74) is 6.75. The summed E-state index contributed by atoms with van der Waals surface area (Å²) in [7, 11) is 0. The number of aryl methyl sites for hydroxylation is 1. The Balaban J connectivity index is 2.55. The zero-order chi connectivity index (χ0) is 11.1. The normalized spacial score (nSPS) is 12.5. The molecule has 1 rings (SSSR count). The topological polar surface area (TPSA) is 35.2 Å². The fraction of sp³-hybridized carbons (Fsp3) is 0.538. The molecule has 0 saturated carbocycles. The first-order chi connectivity index (χ1) is 7.27. The Morgan fingerprint density at radius 1 is 1.33 bits per heavy atom. The van der Waals surface area contributed by atoms with E-state index in [1.807, 2.05) is 12.1 Å². The Bertz CT molecular complexity index is 286. The molecule has 0 aromatic heterocycles. The molecule has 0 aliphatic rings. The first kappa shape index (κ1) is 12.1. The summed E-state index contributed by atoms with van der Waals surface area (Å²) < 4.78 is 5.88. The fourth-order valence-electron chi connectivity index (χ4n) is 1.59. The number of hydrogen-bond donors (Lipinski definition) is 1. The third-order valence-corrected chi connectivity index (χ3v) is 2.50. The molecule has 0 radical (unpaired) electrons. The van der Waals surface area contributed by atoms with E-state index in [0.717, 1.165) is 31.6 Å². The summed E-state index contributed by atoms with van der Waals surface area (Å²) in [4.78, 5) is 0. The highest BCUT2D eigenvalue weighted by Crippen LogP contribution is 2.20. The first-order valence-corrected chi connectivity index (χ1v) is 5.72. The lowest BCUT2D eigenvalue weighted by atomic mass is 10.1. The summed E-state index contributed by atoms with van der Waals surface area (Å²) >= 11 is 0. The van der Waals surface area contributed by atoms with Gasteiger partial charge in [0.05, 0.1) is 6.10 Å². The zero-order valence-electron chi connectivity index (χ0n) is 9.70. The minimum atomic E-state index is 0.251. The number of para-hydroxylation sites is 1. The van der Waals surface area contributed by atoms with Crippen LogP contribution in [0.25, 0.3) is 0 Å². The van der Waals surface area contributed by atoms with Gasteiger partial charge >= 0.3 is 0 Å². The molecule has 2 nitrogen and oxygen atoms in total. The summed E-state index contributed by atoms with van der Waals surface area (Å²) in [6.07, 6.45) is 3.31. The van der Waals surface area contributed by atoms with Crippen molar-refractivity contribution in [1.29, 1.82) is 0 Å². The average Bonchev–Trinajstić information content (AvgIpc) is 2.27. The molecule has 0 aliphatic carbocycles. The van der Waals surface area contributed by atoms with Crippen LogP contribution < -0.4 is 10.5 Å². The Hall–Kier alpha value is -1.02. The Morgan fingerprint density at radius 3 is 2.73 bits per heavy atom. The predicted octanol–water partition coefficient (Wildman–Crippen LogP) is 2.76. The van der Waals surface area contributed by atoms with Gasteiger partial charge in [0, 0.05) is 0 Å². The maximum atomic E-state index is 5.88. The average molecular weight is 207 g/mol. The molecule has 2 N–H and O–H groups in total. The fourth-order valence-corrected chi connectivity index (χ4v) is 1.59. The van der Waals surface area contributed by atoms with E-state index in [9.17, 15) is 0 Å². The van der Waals surface area contributed by atoms with E-state index in [4.69, 9.17) is 10.5 Å². The smallest absolute Gasteiger partial charge is 0.122 e. The minimum absolute atomic E-state index is 0.251. The van der Waals surface area contributed by atoms with Crippen LogP contribution in [0.5, 0.6) is 5.75 Å². The van der Waals surface area contributed by atoms with Crippen LogP contribution in [-0.4, -0.2) is 12.6 Å². The quantitative estimate of drug-likeness (QED) is 0.778. The molecule has 15 heavy (non-hydrogen) atoms. The van der Waals surface area contributed by atoms with Crippen LogP contribution in [0.3, 0.4) is 0 Å². The van der Waals surface area contributed by atoms with Crippen molar-refractivity contribution >= 4 is 0 Å². The largest absolute Gasteiger partial charge is 0.490 e. The SMILES string of the molecule is CCc1ccccc1OC(C)CCCN. The molecule has 0 saturated heterocycles. The molecular weight excluding hydrogens is 186 g/mol. The highest BCUT2D eigenvalue weighted by atomic mass is 16.5. The van der Waals surface area contributed by atoms with Crippen molar-refractivity contribution < 1.29 is 4.74 Å². The second-order valence-corrected chi connectivity index (χ2v) is 3.82. The molecule has 0 amide bonds. The van der Waals surface area contributed by atoms with Crippen LogP contribution in [0.2, 0.25) is 0 Å². The lowest BCUT2D eigenvalue weighted by Gasteiger charge is -2.16. The second-order valence-electron chi connectivity index (χ2n) is 3.82. The molecule has 0 bridgehead atoms. The number of ether oxygens (including phenoxy) is 1. The van der Waals surface area contributed by atoms with Crippen molar-refractivity contribution in [2.24, 2.45) is 5.73 Å². The van der Waals surface area contributed by atoms with Crippen LogP contribution in [0, 0.1) is 0 Å². The Morgan fingerprint density at radius 2 is 2.07 bits per heavy atom. The third-order valence-electron chi connectivity index (χ3n) is 2.50. The van der Waals surface area contributed by atoms with Crippen molar-refractivity contribution in [2.75, 3.05) is 6.54 Å².